The summed E-state index contributed by atoms with van der Waals surface area (Å²) in [5, 5.41) is 12.8. The molecule has 4 rings (SSSR count). The van der Waals surface area contributed by atoms with Crippen LogP contribution in [0.5, 0.6) is 11.5 Å². The molecule has 35 heavy (non-hydrogen) atoms. The van der Waals surface area contributed by atoms with Crippen molar-refractivity contribution in [3.63, 3.8) is 0 Å². The summed E-state index contributed by atoms with van der Waals surface area (Å²) in [4.78, 5) is 4.58. The van der Waals surface area contributed by atoms with Crippen LogP contribution in [0.2, 0.25) is 0 Å². The van der Waals surface area contributed by atoms with Gasteiger partial charge in [-0.15, -0.1) is 5.10 Å². The second-order valence-electron chi connectivity index (χ2n) is 8.83. The number of nitrogens with zero attached hydrogens (tertiary/aromatic N) is 6. The number of aromatic nitrogens is 4. The number of anilines is 1. The van der Waals surface area contributed by atoms with Crippen molar-refractivity contribution in [2.45, 2.75) is 45.2 Å². The van der Waals surface area contributed by atoms with Gasteiger partial charge in [0, 0.05) is 32.7 Å². The highest BCUT2D eigenvalue weighted by Gasteiger charge is 2.29. The highest BCUT2D eigenvalue weighted by atomic mass is 19.1. The number of aryl methyl sites for hydroxylation is 2. The highest BCUT2D eigenvalue weighted by molar-refractivity contribution is 5.48. The first-order valence-electron chi connectivity index (χ1n) is 12.3. The van der Waals surface area contributed by atoms with Crippen molar-refractivity contribution in [3.05, 3.63) is 59.7 Å². The molecule has 9 heteroatoms. The second kappa shape index (κ2) is 12.0. The van der Waals surface area contributed by atoms with Crippen molar-refractivity contribution < 1.29 is 13.9 Å². The van der Waals surface area contributed by atoms with E-state index in [4.69, 9.17) is 9.47 Å². The minimum Gasteiger partial charge on any atom is -0.493 e. The van der Waals surface area contributed by atoms with E-state index in [-0.39, 0.29) is 11.9 Å². The van der Waals surface area contributed by atoms with Gasteiger partial charge in [0.15, 0.2) is 17.3 Å². The molecule has 1 atom stereocenters. The lowest BCUT2D eigenvalue weighted by Crippen LogP contribution is -2.48. The van der Waals surface area contributed by atoms with Crippen LogP contribution in [0.15, 0.2) is 42.5 Å². The molecular formula is C26H35FN6O2. The van der Waals surface area contributed by atoms with E-state index < -0.39 is 0 Å². The third-order valence-corrected chi connectivity index (χ3v) is 6.70. The molecule has 2 heterocycles. The van der Waals surface area contributed by atoms with E-state index in [1.165, 1.54) is 6.07 Å². The summed E-state index contributed by atoms with van der Waals surface area (Å²) in [5.41, 5.74) is 1.81. The maximum atomic E-state index is 14.3. The molecule has 0 saturated carbocycles. The summed E-state index contributed by atoms with van der Waals surface area (Å²) >= 11 is 0. The number of methoxy groups -OCH3 is 2. The maximum absolute atomic E-state index is 14.3. The van der Waals surface area contributed by atoms with Crippen LogP contribution in [0.4, 0.5) is 10.1 Å². The van der Waals surface area contributed by atoms with Gasteiger partial charge in [0.2, 0.25) is 0 Å². The minimum absolute atomic E-state index is 0.137. The first-order valence-corrected chi connectivity index (χ1v) is 12.3. The zero-order valence-electron chi connectivity index (χ0n) is 20.9. The SMILES string of the molecule is CCCC[C@H](c1nnnn1CCc1ccc(OC)c(OC)c1)N1CCN(c2ccccc2F)CC1. The van der Waals surface area contributed by atoms with Crippen molar-refractivity contribution >= 4 is 5.69 Å². The molecule has 1 aliphatic heterocycles. The van der Waals surface area contributed by atoms with E-state index in [2.05, 4.69) is 32.2 Å². The van der Waals surface area contributed by atoms with Crippen molar-refractivity contribution in [1.29, 1.82) is 0 Å². The molecule has 0 spiro atoms. The van der Waals surface area contributed by atoms with Crippen LogP contribution in [0.3, 0.4) is 0 Å². The Balaban J connectivity index is 1.45. The summed E-state index contributed by atoms with van der Waals surface area (Å²) in [5.74, 6) is 2.17. The molecule has 0 N–H and O–H groups in total. The molecule has 1 aromatic heterocycles. The Labute approximate surface area is 206 Å². The van der Waals surface area contributed by atoms with Crippen LogP contribution in [0.1, 0.15) is 43.6 Å². The molecule has 0 bridgehead atoms. The van der Waals surface area contributed by atoms with Crippen LogP contribution in [-0.2, 0) is 13.0 Å². The number of tetrazole rings is 1. The van der Waals surface area contributed by atoms with Gasteiger partial charge < -0.3 is 14.4 Å². The Morgan fingerprint density at radius 3 is 2.49 bits per heavy atom. The average molecular weight is 483 g/mol. The van der Waals surface area contributed by atoms with E-state index >= 15 is 0 Å². The van der Waals surface area contributed by atoms with Gasteiger partial charge in [0.05, 0.1) is 25.9 Å². The Morgan fingerprint density at radius 1 is 1.00 bits per heavy atom. The summed E-state index contributed by atoms with van der Waals surface area (Å²) in [6.45, 7) is 6.10. The second-order valence-corrected chi connectivity index (χ2v) is 8.83. The van der Waals surface area contributed by atoms with Crippen molar-refractivity contribution in [1.82, 2.24) is 25.1 Å². The lowest BCUT2D eigenvalue weighted by atomic mass is 10.1. The monoisotopic (exact) mass is 482 g/mol. The number of para-hydroxylation sites is 1. The van der Waals surface area contributed by atoms with Crippen LogP contribution in [-0.4, -0.2) is 65.5 Å². The highest BCUT2D eigenvalue weighted by Crippen LogP contribution is 2.30. The molecular weight excluding hydrogens is 447 g/mol. The number of unbranched alkanes of at least 4 members (excludes halogenated alkanes) is 1. The van der Waals surface area contributed by atoms with Gasteiger partial charge in [0.1, 0.15) is 5.82 Å². The number of benzene rings is 2. The Hall–Kier alpha value is -3.20. The maximum Gasteiger partial charge on any atom is 0.168 e. The molecule has 0 unspecified atom stereocenters. The standard InChI is InChI=1S/C26H35FN6O2/c1-4-5-9-23(32-17-15-31(16-18-32)22-10-7-6-8-21(22)27)26-28-29-30-33(26)14-13-20-11-12-24(34-2)25(19-20)35-3/h6-8,10-12,19,23H,4-5,9,13-18H2,1-3H3/t23-/m1/s1. The quantitative estimate of drug-likeness (QED) is 0.407. The third-order valence-electron chi connectivity index (χ3n) is 6.70. The molecule has 3 aromatic rings. The lowest BCUT2D eigenvalue weighted by molar-refractivity contribution is 0.162. The van der Waals surface area contributed by atoms with Crippen molar-refractivity contribution in [2.24, 2.45) is 0 Å². The topological polar surface area (TPSA) is 68.5 Å². The van der Waals surface area contributed by atoms with Crippen molar-refractivity contribution in [3.8, 4) is 11.5 Å². The smallest absolute Gasteiger partial charge is 0.168 e. The minimum atomic E-state index is -0.164. The number of hydrogen-bond acceptors (Lipinski definition) is 7. The zero-order valence-corrected chi connectivity index (χ0v) is 20.9. The summed E-state index contributed by atoms with van der Waals surface area (Å²) in [6, 6.07) is 13.1. The fourth-order valence-corrected chi connectivity index (χ4v) is 4.74. The number of halogens is 1. The van der Waals surface area contributed by atoms with Crippen LogP contribution < -0.4 is 14.4 Å². The van der Waals surface area contributed by atoms with Gasteiger partial charge in [-0.05, 0) is 53.1 Å². The Bertz CT molecular complexity index is 1080. The number of ether oxygens (including phenoxy) is 2. The lowest BCUT2D eigenvalue weighted by Gasteiger charge is -2.39. The Morgan fingerprint density at radius 2 is 1.77 bits per heavy atom. The first kappa shape index (κ1) is 24.9. The van der Waals surface area contributed by atoms with Gasteiger partial charge in [0.25, 0.3) is 0 Å². The molecule has 1 saturated heterocycles. The Kier molecular flexibility index (Phi) is 8.52. The van der Waals surface area contributed by atoms with E-state index in [1.807, 2.05) is 35.0 Å². The van der Waals surface area contributed by atoms with Gasteiger partial charge >= 0.3 is 0 Å². The van der Waals surface area contributed by atoms with Gasteiger partial charge in [-0.3, -0.25) is 4.90 Å². The normalized spacial score (nSPS) is 15.3. The number of hydrogen-bond donors (Lipinski definition) is 0. The van der Waals surface area contributed by atoms with E-state index in [0.29, 0.717) is 18.0 Å². The molecule has 1 aliphatic rings. The zero-order chi connectivity index (χ0) is 24.6. The van der Waals surface area contributed by atoms with Gasteiger partial charge in [-0.25, -0.2) is 9.07 Å². The van der Waals surface area contributed by atoms with E-state index in [1.54, 1.807) is 20.3 Å². The third kappa shape index (κ3) is 5.90. The molecule has 1 fully saturated rings. The number of piperazine rings is 1. The largest absolute Gasteiger partial charge is 0.493 e. The summed E-state index contributed by atoms with van der Waals surface area (Å²) < 4.78 is 27.0. The summed E-state index contributed by atoms with van der Waals surface area (Å²) in [7, 11) is 3.28. The predicted molar refractivity (Wildman–Crippen MR) is 134 cm³/mol. The van der Waals surface area contributed by atoms with Gasteiger partial charge in [-0.2, -0.15) is 0 Å². The van der Waals surface area contributed by atoms with Crippen molar-refractivity contribution in [2.75, 3.05) is 45.3 Å². The first-order chi connectivity index (χ1) is 17.1. The molecule has 8 nitrogen and oxygen atoms in total. The molecule has 188 valence electrons. The molecule has 2 aromatic carbocycles. The van der Waals surface area contributed by atoms with Crippen LogP contribution in [0.25, 0.3) is 0 Å². The number of rotatable bonds is 11. The fourth-order valence-electron chi connectivity index (χ4n) is 4.74. The predicted octanol–water partition coefficient (Wildman–Crippen LogP) is 4.13. The molecule has 0 radical (unpaired) electrons. The average Bonchev–Trinajstić information content (AvgIpc) is 3.36. The van der Waals surface area contributed by atoms with Crippen LogP contribution >= 0.6 is 0 Å². The van der Waals surface area contributed by atoms with Gasteiger partial charge in [-0.1, -0.05) is 38.0 Å². The fraction of sp³-hybridized carbons (Fsp3) is 0.500. The van der Waals surface area contributed by atoms with E-state index in [9.17, 15) is 4.39 Å². The van der Waals surface area contributed by atoms with E-state index in [0.717, 1.165) is 69.0 Å². The molecule has 0 amide bonds. The van der Waals surface area contributed by atoms with Crippen LogP contribution in [0, 0.1) is 5.82 Å². The summed E-state index contributed by atoms with van der Waals surface area (Å²) in [6.07, 6.45) is 3.98. The molecule has 0 aliphatic carbocycles.